The minimum atomic E-state index is -0.0153. The van der Waals surface area contributed by atoms with Crippen LogP contribution in [-0.2, 0) is 5.75 Å². The first kappa shape index (κ1) is 14.0. The number of hydrogen-bond acceptors (Lipinski definition) is 4. The normalized spacial score (nSPS) is 12.4. The second kappa shape index (κ2) is 6.17. The number of nitrogens with two attached hydrogens (primary N) is 1. The molecule has 4 heteroatoms. The molecule has 3 nitrogen and oxygen atoms in total. The predicted octanol–water partition coefficient (Wildman–Crippen LogP) is 3.41. The first-order valence-electron chi connectivity index (χ1n) is 6.33. The third-order valence-electron chi connectivity index (χ3n) is 2.92. The Morgan fingerprint density at radius 2 is 2.11 bits per heavy atom. The number of aromatic nitrogens is 2. The average molecular weight is 273 g/mol. The van der Waals surface area contributed by atoms with E-state index in [4.69, 9.17) is 5.73 Å². The molecular weight excluding hydrogens is 254 g/mol. The zero-order valence-electron chi connectivity index (χ0n) is 11.6. The van der Waals surface area contributed by atoms with E-state index in [1.54, 1.807) is 11.8 Å². The third kappa shape index (κ3) is 3.78. The molecule has 0 saturated heterocycles. The molecule has 1 aromatic heterocycles. The van der Waals surface area contributed by atoms with E-state index in [1.807, 2.05) is 20.0 Å². The lowest BCUT2D eigenvalue weighted by Gasteiger charge is -2.09. The number of nitrogens with zero attached hydrogens (tertiary/aromatic N) is 2. The Kier molecular flexibility index (Phi) is 4.56. The van der Waals surface area contributed by atoms with Gasteiger partial charge in [-0.2, -0.15) is 0 Å². The monoisotopic (exact) mass is 273 g/mol. The Hall–Kier alpha value is -1.39. The van der Waals surface area contributed by atoms with Gasteiger partial charge >= 0.3 is 0 Å². The van der Waals surface area contributed by atoms with Gasteiger partial charge in [0.1, 0.15) is 5.82 Å². The Bertz CT molecular complexity index is 567. The summed E-state index contributed by atoms with van der Waals surface area (Å²) in [6, 6.07) is 8.44. The van der Waals surface area contributed by atoms with Crippen molar-refractivity contribution in [3.05, 3.63) is 53.1 Å². The quantitative estimate of drug-likeness (QED) is 0.867. The molecule has 0 radical (unpaired) electrons. The van der Waals surface area contributed by atoms with Gasteiger partial charge < -0.3 is 5.73 Å². The summed E-state index contributed by atoms with van der Waals surface area (Å²) in [5, 5.41) is 0. The third-order valence-corrected chi connectivity index (χ3v) is 3.91. The molecule has 100 valence electrons. The molecule has 0 bridgehead atoms. The molecule has 0 saturated carbocycles. The van der Waals surface area contributed by atoms with Crippen LogP contribution in [0.5, 0.6) is 0 Å². The maximum absolute atomic E-state index is 5.86. The van der Waals surface area contributed by atoms with Crippen molar-refractivity contribution in [2.45, 2.75) is 37.5 Å². The fourth-order valence-corrected chi connectivity index (χ4v) is 2.77. The number of thioether (sulfide) groups is 1. The summed E-state index contributed by atoms with van der Waals surface area (Å²) >= 11 is 1.75. The van der Waals surface area contributed by atoms with Crippen molar-refractivity contribution in [2.24, 2.45) is 5.73 Å². The largest absolute Gasteiger partial charge is 0.324 e. The summed E-state index contributed by atoms with van der Waals surface area (Å²) in [6.45, 7) is 6.04. The van der Waals surface area contributed by atoms with Gasteiger partial charge in [-0.25, -0.2) is 9.97 Å². The van der Waals surface area contributed by atoms with E-state index in [0.717, 1.165) is 22.8 Å². The summed E-state index contributed by atoms with van der Waals surface area (Å²) in [5.74, 6) is 1.64. The smallest absolute Gasteiger partial charge is 0.138 e. The highest BCUT2D eigenvalue weighted by molar-refractivity contribution is 7.98. The van der Waals surface area contributed by atoms with Crippen LogP contribution in [0.25, 0.3) is 0 Å². The molecule has 1 unspecified atom stereocenters. The fourth-order valence-electron chi connectivity index (χ4n) is 1.89. The standard InChI is InChI=1S/C15H19N3S/c1-10-5-4-6-13(7-10)19-9-15-17-8-14(11(2)16)12(3)18-15/h4-8,11H,9,16H2,1-3H3. The fraction of sp³-hybridized carbons (Fsp3) is 0.333. The van der Waals surface area contributed by atoms with Crippen LogP contribution in [0, 0.1) is 13.8 Å². The van der Waals surface area contributed by atoms with Gasteiger partial charge in [0, 0.05) is 28.4 Å². The molecule has 19 heavy (non-hydrogen) atoms. The lowest BCUT2D eigenvalue weighted by Crippen LogP contribution is -2.10. The van der Waals surface area contributed by atoms with Gasteiger partial charge in [0.2, 0.25) is 0 Å². The lowest BCUT2D eigenvalue weighted by molar-refractivity contribution is 0.781. The molecule has 0 aliphatic carbocycles. The molecule has 2 aromatic rings. The second-order valence-electron chi connectivity index (χ2n) is 4.72. The Morgan fingerprint density at radius 3 is 2.74 bits per heavy atom. The Morgan fingerprint density at radius 1 is 1.32 bits per heavy atom. The molecule has 0 aliphatic heterocycles. The van der Waals surface area contributed by atoms with Gasteiger partial charge in [0.25, 0.3) is 0 Å². The number of rotatable bonds is 4. The molecule has 0 amide bonds. The molecule has 2 N–H and O–H groups in total. The zero-order valence-corrected chi connectivity index (χ0v) is 12.4. The minimum Gasteiger partial charge on any atom is -0.324 e. The van der Waals surface area contributed by atoms with Crippen LogP contribution in [0.1, 0.15) is 35.6 Å². The SMILES string of the molecule is Cc1cccc(SCc2ncc(C(C)N)c(C)n2)c1. The van der Waals surface area contributed by atoms with Gasteiger partial charge in [0.05, 0.1) is 5.75 Å². The lowest BCUT2D eigenvalue weighted by atomic mass is 10.1. The summed E-state index contributed by atoms with van der Waals surface area (Å²) in [4.78, 5) is 10.2. The van der Waals surface area contributed by atoms with E-state index in [9.17, 15) is 0 Å². The van der Waals surface area contributed by atoms with Gasteiger partial charge in [-0.15, -0.1) is 11.8 Å². The molecule has 1 heterocycles. The highest BCUT2D eigenvalue weighted by atomic mass is 32.2. The number of aryl methyl sites for hydroxylation is 2. The van der Waals surface area contributed by atoms with Crippen LogP contribution in [0.3, 0.4) is 0 Å². The molecule has 0 aliphatic rings. The van der Waals surface area contributed by atoms with Crippen molar-refractivity contribution >= 4 is 11.8 Å². The van der Waals surface area contributed by atoms with Gasteiger partial charge in [-0.1, -0.05) is 17.7 Å². The van der Waals surface area contributed by atoms with Gasteiger partial charge in [-0.05, 0) is 32.9 Å². The van der Waals surface area contributed by atoms with Crippen LogP contribution in [-0.4, -0.2) is 9.97 Å². The maximum Gasteiger partial charge on any atom is 0.138 e. The molecule has 1 atom stereocenters. The maximum atomic E-state index is 5.86. The van der Waals surface area contributed by atoms with Crippen molar-refractivity contribution in [3.63, 3.8) is 0 Å². The second-order valence-corrected chi connectivity index (χ2v) is 5.77. The summed E-state index contributed by atoms with van der Waals surface area (Å²) in [6.07, 6.45) is 1.85. The summed E-state index contributed by atoms with van der Waals surface area (Å²) in [5.41, 5.74) is 9.13. The summed E-state index contributed by atoms with van der Waals surface area (Å²) < 4.78 is 0. The van der Waals surface area contributed by atoms with Crippen LogP contribution < -0.4 is 5.73 Å². The zero-order chi connectivity index (χ0) is 13.8. The Balaban J connectivity index is 2.06. The topological polar surface area (TPSA) is 51.8 Å². The van der Waals surface area contributed by atoms with Crippen molar-refractivity contribution in [2.75, 3.05) is 0 Å². The first-order valence-corrected chi connectivity index (χ1v) is 7.32. The summed E-state index contributed by atoms with van der Waals surface area (Å²) in [7, 11) is 0. The first-order chi connectivity index (χ1) is 9.06. The van der Waals surface area contributed by atoms with E-state index in [0.29, 0.717) is 0 Å². The van der Waals surface area contributed by atoms with Crippen molar-refractivity contribution < 1.29 is 0 Å². The number of benzene rings is 1. The highest BCUT2D eigenvalue weighted by Gasteiger charge is 2.07. The number of hydrogen-bond donors (Lipinski definition) is 1. The van der Waals surface area contributed by atoms with Crippen molar-refractivity contribution in [3.8, 4) is 0 Å². The van der Waals surface area contributed by atoms with Gasteiger partial charge in [-0.3, -0.25) is 0 Å². The van der Waals surface area contributed by atoms with Crippen LogP contribution in [0.2, 0.25) is 0 Å². The van der Waals surface area contributed by atoms with Crippen LogP contribution >= 0.6 is 11.8 Å². The molecule has 2 rings (SSSR count). The van der Waals surface area contributed by atoms with E-state index < -0.39 is 0 Å². The molecule has 1 aromatic carbocycles. The van der Waals surface area contributed by atoms with E-state index in [-0.39, 0.29) is 6.04 Å². The minimum absolute atomic E-state index is 0.0153. The average Bonchev–Trinajstić information content (AvgIpc) is 2.36. The van der Waals surface area contributed by atoms with Crippen LogP contribution in [0.15, 0.2) is 35.4 Å². The van der Waals surface area contributed by atoms with Crippen LogP contribution in [0.4, 0.5) is 0 Å². The van der Waals surface area contributed by atoms with Gasteiger partial charge in [0.15, 0.2) is 0 Å². The van der Waals surface area contributed by atoms with E-state index >= 15 is 0 Å². The van der Waals surface area contributed by atoms with Crippen molar-refractivity contribution in [1.29, 1.82) is 0 Å². The van der Waals surface area contributed by atoms with E-state index in [1.165, 1.54) is 10.5 Å². The van der Waals surface area contributed by atoms with E-state index in [2.05, 4.69) is 41.2 Å². The molecular formula is C15H19N3S. The Labute approximate surface area is 118 Å². The highest BCUT2D eigenvalue weighted by Crippen LogP contribution is 2.22. The molecule has 0 spiro atoms. The van der Waals surface area contributed by atoms with Crippen molar-refractivity contribution in [1.82, 2.24) is 9.97 Å². The molecule has 0 fully saturated rings. The predicted molar refractivity (Wildman–Crippen MR) is 80.1 cm³/mol.